The monoisotopic (exact) mass is 255 g/mol. The predicted octanol–water partition coefficient (Wildman–Crippen LogP) is 0.0288. The second-order valence-electron chi connectivity index (χ2n) is 5.73. The Bertz CT molecular complexity index is 290. The average Bonchev–Trinajstić information content (AvgIpc) is 2.70. The van der Waals surface area contributed by atoms with Crippen molar-refractivity contribution in [3.8, 4) is 0 Å². The fourth-order valence-electron chi connectivity index (χ4n) is 3.02. The van der Waals surface area contributed by atoms with E-state index in [0.29, 0.717) is 0 Å². The lowest BCUT2D eigenvalue weighted by Crippen LogP contribution is -2.48. The molecule has 0 radical (unpaired) electrons. The lowest BCUT2D eigenvalue weighted by Gasteiger charge is -2.34. The Kier molecular flexibility index (Phi) is 4.59. The first-order valence-electron chi connectivity index (χ1n) is 6.95. The Labute approximate surface area is 109 Å². The fourth-order valence-corrected chi connectivity index (χ4v) is 3.02. The van der Waals surface area contributed by atoms with Crippen LogP contribution in [0.2, 0.25) is 0 Å². The molecule has 5 nitrogen and oxygen atoms in total. The van der Waals surface area contributed by atoms with Crippen LogP contribution < -0.4 is 0 Å². The minimum Gasteiger partial charge on any atom is -0.480 e. The third-order valence-electron chi connectivity index (χ3n) is 4.36. The molecular weight excluding hydrogens is 230 g/mol. The maximum atomic E-state index is 11.3. The topological polar surface area (TPSA) is 47.0 Å². The van der Waals surface area contributed by atoms with Gasteiger partial charge in [-0.2, -0.15) is 0 Å². The van der Waals surface area contributed by atoms with E-state index in [-0.39, 0.29) is 12.0 Å². The van der Waals surface area contributed by atoms with E-state index in [1.807, 2.05) is 0 Å². The number of aliphatic carboxylic acids is 1. The molecule has 18 heavy (non-hydrogen) atoms. The van der Waals surface area contributed by atoms with Gasteiger partial charge in [0.15, 0.2) is 0 Å². The summed E-state index contributed by atoms with van der Waals surface area (Å²) in [6.45, 7) is 9.35. The van der Waals surface area contributed by atoms with Crippen molar-refractivity contribution in [3.63, 3.8) is 0 Å². The van der Waals surface area contributed by atoms with Crippen molar-refractivity contribution >= 4 is 5.97 Å². The molecule has 2 heterocycles. The van der Waals surface area contributed by atoms with E-state index in [1.54, 1.807) is 0 Å². The van der Waals surface area contributed by atoms with Gasteiger partial charge in [0.1, 0.15) is 6.04 Å². The van der Waals surface area contributed by atoms with Gasteiger partial charge in [-0.3, -0.25) is 14.6 Å². The van der Waals surface area contributed by atoms with Crippen LogP contribution in [0, 0.1) is 5.92 Å². The van der Waals surface area contributed by atoms with Gasteiger partial charge in [0, 0.05) is 39.3 Å². The number of carboxylic acid groups (broad SMARTS) is 1. The zero-order valence-corrected chi connectivity index (χ0v) is 11.5. The van der Waals surface area contributed by atoms with E-state index < -0.39 is 5.97 Å². The number of carbonyl (C=O) groups is 1. The lowest BCUT2D eigenvalue weighted by molar-refractivity contribution is -0.143. The molecule has 0 aliphatic carbocycles. The molecule has 0 saturated carbocycles. The molecule has 2 atom stereocenters. The number of hydrogen-bond acceptors (Lipinski definition) is 4. The number of hydrogen-bond donors (Lipinski definition) is 1. The predicted molar refractivity (Wildman–Crippen MR) is 70.7 cm³/mol. The number of piperazine rings is 1. The van der Waals surface area contributed by atoms with Gasteiger partial charge in [0.2, 0.25) is 0 Å². The van der Waals surface area contributed by atoms with Gasteiger partial charge in [0.25, 0.3) is 0 Å². The van der Waals surface area contributed by atoms with Gasteiger partial charge in [-0.05, 0) is 25.9 Å². The highest BCUT2D eigenvalue weighted by molar-refractivity contribution is 5.74. The van der Waals surface area contributed by atoms with E-state index in [9.17, 15) is 9.90 Å². The zero-order chi connectivity index (χ0) is 13.1. The minimum atomic E-state index is -0.654. The first kappa shape index (κ1) is 13.8. The number of rotatable bonds is 4. The van der Waals surface area contributed by atoms with Crippen molar-refractivity contribution in [1.29, 1.82) is 0 Å². The van der Waals surface area contributed by atoms with Crippen LogP contribution in [0.4, 0.5) is 0 Å². The highest BCUT2D eigenvalue weighted by Crippen LogP contribution is 2.23. The van der Waals surface area contributed by atoms with Crippen molar-refractivity contribution in [2.24, 2.45) is 5.92 Å². The smallest absolute Gasteiger partial charge is 0.321 e. The Balaban J connectivity index is 1.77. The van der Waals surface area contributed by atoms with E-state index in [1.165, 1.54) is 0 Å². The average molecular weight is 255 g/mol. The van der Waals surface area contributed by atoms with Gasteiger partial charge in [-0.25, -0.2) is 0 Å². The number of carboxylic acids is 1. The molecule has 0 aromatic rings. The minimum absolute atomic E-state index is 0.266. The van der Waals surface area contributed by atoms with E-state index in [0.717, 1.165) is 52.2 Å². The maximum absolute atomic E-state index is 11.3. The Morgan fingerprint density at radius 1 is 1.17 bits per heavy atom. The summed E-state index contributed by atoms with van der Waals surface area (Å²) in [6, 6.07) is -0.266. The van der Waals surface area contributed by atoms with E-state index in [2.05, 4.69) is 28.7 Å². The first-order valence-corrected chi connectivity index (χ1v) is 6.95. The molecule has 5 heteroatoms. The van der Waals surface area contributed by atoms with Gasteiger partial charge < -0.3 is 10.0 Å². The van der Waals surface area contributed by atoms with Crippen LogP contribution >= 0.6 is 0 Å². The quantitative estimate of drug-likeness (QED) is 0.768. The summed E-state index contributed by atoms with van der Waals surface area (Å²) in [7, 11) is 2.15. The second kappa shape index (κ2) is 5.99. The molecule has 2 fully saturated rings. The largest absolute Gasteiger partial charge is 0.480 e. The van der Waals surface area contributed by atoms with Crippen LogP contribution in [0.15, 0.2) is 0 Å². The summed E-state index contributed by atoms with van der Waals surface area (Å²) in [6.07, 6.45) is 1.01. The van der Waals surface area contributed by atoms with Crippen LogP contribution in [0.3, 0.4) is 0 Å². The molecule has 2 aliphatic rings. The summed E-state index contributed by atoms with van der Waals surface area (Å²) in [5.74, 6) is -0.367. The van der Waals surface area contributed by atoms with Gasteiger partial charge in [-0.1, -0.05) is 6.92 Å². The van der Waals surface area contributed by atoms with Crippen molar-refractivity contribution in [2.75, 3.05) is 52.9 Å². The SMILES string of the molecule is CC1CCN(CCN2CCN(C)CC2)C1C(=O)O. The molecule has 0 aromatic heterocycles. The first-order chi connectivity index (χ1) is 8.58. The van der Waals surface area contributed by atoms with Crippen LogP contribution in [0.1, 0.15) is 13.3 Å². The standard InChI is InChI=1S/C13H25N3O2/c1-11-3-4-16(12(11)13(17)18)10-9-15-7-5-14(2)6-8-15/h11-12H,3-10H2,1-2H3,(H,17,18). The van der Waals surface area contributed by atoms with E-state index in [4.69, 9.17) is 0 Å². The molecule has 1 N–H and O–H groups in total. The molecule has 104 valence electrons. The fraction of sp³-hybridized carbons (Fsp3) is 0.923. The lowest BCUT2D eigenvalue weighted by atomic mass is 10.0. The van der Waals surface area contributed by atoms with Crippen molar-refractivity contribution < 1.29 is 9.90 Å². The second-order valence-corrected chi connectivity index (χ2v) is 5.73. The zero-order valence-electron chi connectivity index (χ0n) is 11.5. The van der Waals surface area contributed by atoms with Gasteiger partial charge in [0.05, 0.1) is 0 Å². The van der Waals surface area contributed by atoms with Crippen LogP contribution in [0.25, 0.3) is 0 Å². The molecular formula is C13H25N3O2. The summed E-state index contributed by atoms with van der Waals surface area (Å²) < 4.78 is 0. The van der Waals surface area contributed by atoms with Crippen molar-refractivity contribution in [3.05, 3.63) is 0 Å². The molecule has 2 saturated heterocycles. The summed E-state index contributed by atoms with van der Waals surface area (Å²) in [5, 5.41) is 9.26. The van der Waals surface area contributed by atoms with Crippen LogP contribution in [-0.2, 0) is 4.79 Å². The molecule has 0 amide bonds. The highest BCUT2D eigenvalue weighted by atomic mass is 16.4. The molecule has 0 aromatic carbocycles. The summed E-state index contributed by atoms with van der Waals surface area (Å²) >= 11 is 0. The molecule has 2 aliphatic heterocycles. The van der Waals surface area contributed by atoms with Crippen molar-refractivity contribution in [2.45, 2.75) is 19.4 Å². The Hall–Kier alpha value is -0.650. The normalized spacial score (nSPS) is 31.9. The van der Waals surface area contributed by atoms with Crippen molar-refractivity contribution in [1.82, 2.24) is 14.7 Å². The summed E-state index contributed by atoms with van der Waals surface area (Å²) in [5.41, 5.74) is 0. The molecule has 2 rings (SSSR count). The van der Waals surface area contributed by atoms with Gasteiger partial charge >= 0.3 is 5.97 Å². The number of likely N-dealkylation sites (N-methyl/N-ethyl adjacent to an activating group) is 1. The summed E-state index contributed by atoms with van der Waals surface area (Å²) in [4.78, 5) is 18.2. The number of nitrogens with zero attached hydrogens (tertiary/aromatic N) is 3. The molecule has 0 spiro atoms. The van der Waals surface area contributed by atoms with Crippen LogP contribution in [-0.4, -0.2) is 84.7 Å². The molecule has 2 unspecified atom stereocenters. The molecule has 0 bridgehead atoms. The number of likely N-dealkylation sites (tertiary alicyclic amines) is 1. The van der Waals surface area contributed by atoms with Crippen LogP contribution in [0.5, 0.6) is 0 Å². The third kappa shape index (κ3) is 3.22. The Morgan fingerprint density at radius 2 is 1.83 bits per heavy atom. The van der Waals surface area contributed by atoms with Gasteiger partial charge in [-0.15, -0.1) is 0 Å². The Morgan fingerprint density at radius 3 is 2.44 bits per heavy atom. The third-order valence-corrected chi connectivity index (χ3v) is 4.36. The van der Waals surface area contributed by atoms with E-state index >= 15 is 0 Å². The highest BCUT2D eigenvalue weighted by Gasteiger charge is 2.36. The maximum Gasteiger partial charge on any atom is 0.321 e.